The number of nitrogens with zero attached hydrogens (tertiary/aromatic N) is 2. The maximum Gasteiger partial charge on any atom is 0.0640 e. The maximum atomic E-state index is 2.49. The van der Waals surface area contributed by atoms with Crippen LogP contribution in [-0.4, -0.2) is 9.13 Å². The zero-order valence-corrected chi connectivity index (χ0v) is 28.4. The van der Waals surface area contributed by atoms with E-state index in [0.29, 0.717) is 0 Å². The molecule has 238 valence electrons. The molecule has 0 aliphatic carbocycles. The maximum absolute atomic E-state index is 2.49. The fourth-order valence-electron chi connectivity index (χ4n) is 8.17. The van der Waals surface area contributed by atoms with Crippen LogP contribution in [0.1, 0.15) is 0 Å². The number of aromatic nitrogens is 2. The second-order valence-electron chi connectivity index (χ2n) is 13.3. The van der Waals surface area contributed by atoms with E-state index >= 15 is 0 Å². The Morgan fingerprint density at radius 1 is 0.314 bits per heavy atom. The molecule has 0 bridgehead atoms. The number of benzene rings is 8. The largest absolute Gasteiger partial charge is 0.309 e. The van der Waals surface area contributed by atoms with Crippen molar-refractivity contribution in [3.63, 3.8) is 0 Å². The Kier molecular flexibility index (Phi) is 6.16. The van der Waals surface area contributed by atoms with E-state index in [1.807, 2.05) is 11.3 Å². The van der Waals surface area contributed by atoms with Gasteiger partial charge in [0.25, 0.3) is 0 Å². The summed E-state index contributed by atoms with van der Waals surface area (Å²) in [5.74, 6) is 0. The third-order valence-electron chi connectivity index (χ3n) is 10.5. The molecule has 0 N–H and O–H groups in total. The van der Waals surface area contributed by atoms with Crippen LogP contribution in [-0.2, 0) is 0 Å². The van der Waals surface area contributed by atoms with Gasteiger partial charge >= 0.3 is 0 Å². The normalized spacial score (nSPS) is 11.9. The summed E-state index contributed by atoms with van der Waals surface area (Å²) in [4.78, 5) is 0. The van der Waals surface area contributed by atoms with Crippen molar-refractivity contribution in [1.82, 2.24) is 9.13 Å². The van der Waals surface area contributed by atoms with E-state index in [9.17, 15) is 0 Å². The Bertz CT molecular complexity index is 3100. The molecule has 0 amide bonds. The van der Waals surface area contributed by atoms with E-state index in [2.05, 4.69) is 191 Å². The third-order valence-corrected chi connectivity index (χ3v) is 11.8. The molecule has 0 spiro atoms. The van der Waals surface area contributed by atoms with Crippen LogP contribution in [0.15, 0.2) is 182 Å². The Morgan fingerprint density at radius 2 is 0.804 bits per heavy atom. The highest BCUT2D eigenvalue weighted by atomic mass is 32.1. The summed E-state index contributed by atoms with van der Waals surface area (Å²) < 4.78 is 7.57. The first-order valence-electron chi connectivity index (χ1n) is 17.4. The molecule has 0 radical (unpaired) electrons. The Labute approximate surface area is 298 Å². The summed E-state index contributed by atoms with van der Waals surface area (Å²) in [6.45, 7) is 0. The van der Waals surface area contributed by atoms with Gasteiger partial charge in [0.1, 0.15) is 0 Å². The van der Waals surface area contributed by atoms with Crippen LogP contribution in [0.4, 0.5) is 0 Å². The van der Waals surface area contributed by atoms with E-state index in [-0.39, 0.29) is 0 Å². The molecule has 0 aliphatic rings. The summed E-state index contributed by atoms with van der Waals surface area (Å²) in [6.07, 6.45) is 0. The number of hydrogen-bond acceptors (Lipinski definition) is 1. The van der Waals surface area contributed by atoms with Crippen molar-refractivity contribution >= 4 is 75.1 Å². The Morgan fingerprint density at radius 3 is 1.47 bits per heavy atom. The molecule has 11 rings (SSSR count). The molecule has 3 heterocycles. The van der Waals surface area contributed by atoms with Crippen molar-refractivity contribution in [3.8, 4) is 33.6 Å². The fourth-order valence-corrected chi connectivity index (χ4v) is 9.37. The van der Waals surface area contributed by atoms with Gasteiger partial charge in [0.2, 0.25) is 0 Å². The van der Waals surface area contributed by atoms with Crippen LogP contribution in [0, 0.1) is 0 Å². The summed E-state index contributed by atoms with van der Waals surface area (Å²) in [7, 11) is 0. The van der Waals surface area contributed by atoms with Gasteiger partial charge in [-0.3, -0.25) is 0 Å². The smallest absolute Gasteiger partial charge is 0.0640 e. The molecular formula is C48H30N2S. The van der Waals surface area contributed by atoms with Gasteiger partial charge < -0.3 is 9.13 Å². The van der Waals surface area contributed by atoms with Gasteiger partial charge in [-0.15, -0.1) is 11.3 Å². The summed E-state index contributed by atoms with van der Waals surface area (Å²) in [5, 5.41) is 7.67. The van der Waals surface area contributed by atoms with Crippen molar-refractivity contribution in [2.75, 3.05) is 0 Å². The van der Waals surface area contributed by atoms with Gasteiger partial charge in [0.05, 0.1) is 32.5 Å². The van der Waals surface area contributed by atoms with Gasteiger partial charge in [-0.1, -0.05) is 133 Å². The summed E-state index contributed by atoms with van der Waals surface area (Å²) >= 11 is 1.89. The van der Waals surface area contributed by atoms with Crippen LogP contribution in [0.2, 0.25) is 0 Å². The lowest BCUT2D eigenvalue weighted by atomic mass is 10.0. The minimum Gasteiger partial charge on any atom is -0.309 e. The van der Waals surface area contributed by atoms with Gasteiger partial charge in [0.15, 0.2) is 0 Å². The summed E-state index contributed by atoms with van der Waals surface area (Å²) in [5.41, 5.74) is 12.2. The van der Waals surface area contributed by atoms with Crippen molar-refractivity contribution in [2.24, 2.45) is 0 Å². The molecule has 3 heteroatoms. The van der Waals surface area contributed by atoms with Crippen molar-refractivity contribution in [3.05, 3.63) is 182 Å². The van der Waals surface area contributed by atoms with Gasteiger partial charge in [-0.2, -0.15) is 0 Å². The van der Waals surface area contributed by atoms with Crippen LogP contribution >= 0.6 is 11.3 Å². The molecule has 0 unspecified atom stereocenters. The molecule has 51 heavy (non-hydrogen) atoms. The average molecular weight is 667 g/mol. The quantitative estimate of drug-likeness (QED) is 0.177. The molecular weight excluding hydrogens is 637 g/mol. The molecule has 2 nitrogen and oxygen atoms in total. The first kappa shape index (κ1) is 28.4. The fraction of sp³-hybridized carbons (Fsp3) is 0. The zero-order valence-electron chi connectivity index (χ0n) is 27.6. The van der Waals surface area contributed by atoms with E-state index in [0.717, 1.165) is 5.69 Å². The molecule has 0 saturated heterocycles. The first-order chi connectivity index (χ1) is 25.3. The highest BCUT2D eigenvalue weighted by Crippen LogP contribution is 2.43. The molecule has 0 fully saturated rings. The lowest BCUT2D eigenvalue weighted by Gasteiger charge is -2.11. The molecule has 0 aliphatic heterocycles. The Hall–Kier alpha value is -6.42. The van der Waals surface area contributed by atoms with Gasteiger partial charge in [-0.05, 0) is 70.8 Å². The minimum absolute atomic E-state index is 1.16. The second-order valence-corrected chi connectivity index (χ2v) is 14.4. The number of fused-ring (bicyclic) bond motifs is 9. The average Bonchev–Trinajstić information content (AvgIpc) is 3.85. The Balaban J connectivity index is 1.11. The predicted molar refractivity (Wildman–Crippen MR) is 219 cm³/mol. The number of hydrogen-bond donors (Lipinski definition) is 0. The number of thiophene rings is 1. The standard InChI is InChI=1S/C48H30N2S/c1-2-11-31(12-3-1)32-21-23-33(24-22-32)34-25-27-35(28-26-34)49-42-17-7-4-13-36(42)40-30-46-41(29-45(40)49)37-14-5-8-18-43(37)50(46)44-19-10-16-39-38-15-6-9-20-47(38)51-48(39)44/h1-30H. The van der Waals surface area contributed by atoms with E-state index < -0.39 is 0 Å². The van der Waals surface area contributed by atoms with E-state index in [1.54, 1.807) is 0 Å². The summed E-state index contributed by atoms with van der Waals surface area (Å²) in [6, 6.07) is 66.6. The number of para-hydroxylation sites is 2. The van der Waals surface area contributed by atoms with Crippen LogP contribution in [0.25, 0.3) is 97.4 Å². The van der Waals surface area contributed by atoms with Crippen LogP contribution in [0.3, 0.4) is 0 Å². The second kappa shape index (κ2) is 11.0. The number of rotatable bonds is 4. The highest BCUT2D eigenvalue weighted by molar-refractivity contribution is 7.26. The van der Waals surface area contributed by atoms with Crippen LogP contribution < -0.4 is 0 Å². The topological polar surface area (TPSA) is 9.86 Å². The van der Waals surface area contributed by atoms with Crippen LogP contribution in [0.5, 0.6) is 0 Å². The molecule has 11 aromatic rings. The zero-order chi connectivity index (χ0) is 33.5. The SMILES string of the molecule is c1ccc(-c2ccc(-c3ccc(-n4c5ccccc5c5cc6c(cc54)c4ccccc4n6-c4cccc5c4sc4ccccc45)cc3)cc2)cc1. The minimum atomic E-state index is 1.16. The van der Waals surface area contributed by atoms with Crippen molar-refractivity contribution in [2.45, 2.75) is 0 Å². The third kappa shape index (κ3) is 4.29. The lowest BCUT2D eigenvalue weighted by molar-refractivity contribution is 1.18. The lowest BCUT2D eigenvalue weighted by Crippen LogP contribution is -1.95. The van der Waals surface area contributed by atoms with Gasteiger partial charge in [0, 0.05) is 42.7 Å². The van der Waals surface area contributed by atoms with Gasteiger partial charge in [-0.25, -0.2) is 0 Å². The van der Waals surface area contributed by atoms with E-state index in [1.165, 1.54) is 91.7 Å². The van der Waals surface area contributed by atoms with Crippen molar-refractivity contribution < 1.29 is 0 Å². The first-order valence-corrected chi connectivity index (χ1v) is 18.3. The molecule has 8 aromatic carbocycles. The predicted octanol–water partition coefficient (Wildman–Crippen LogP) is 13.6. The molecule has 0 atom stereocenters. The molecule has 3 aromatic heterocycles. The highest BCUT2D eigenvalue weighted by Gasteiger charge is 2.20. The van der Waals surface area contributed by atoms with E-state index in [4.69, 9.17) is 0 Å². The monoisotopic (exact) mass is 666 g/mol. The molecule has 0 saturated carbocycles. The van der Waals surface area contributed by atoms with Crippen molar-refractivity contribution in [1.29, 1.82) is 0 Å².